The number of nitrogens with zero attached hydrogens (tertiary/aromatic N) is 5. The monoisotopic (exact) mass is 457 g/mol. The number of aromatic nitrogens is 3. The van der Waals surface area contributed by atoms with E-state index in [4.69, 9.17) is 9.90 Å². The Labute approximate surface area is 180 Å². The molecule has 12 heteroatoms. The second-order valence-corrected chi connectivity index (χ2v) is 8.71. The summed E-state index contributed by atoms with van der Waals surface area (Å²) in [5.74, 6) is -1.76. The fraction of sp³-hybridized carbons (Fsp3) is 0.526. The molecule has 1 atom stereocenters. The number of aliphatic carboxylic acids is 1. The molecule has 4 heterocycles. The highest BCUT2D eigenvalue weighted by atomic mass is 32.1. The van der Waals surface area contributed by atoms with Crippen molar-refractivity contribution in [3.63, 3.8) is 0 Å². The van der Waals surface area contributed by atoms with Crippen molar-refractivity contribution in [2.45, 2.75) is 39.4 Å². The lowest BCUT2D eigenvalue weighted by Gasteiger charge is -2.23. The van der Waals surface area contributed by atoms with Crippen LogP contribution in [-0.2, 0) is 16.1 Å². The lowest BCUT2D eigenvalue weighted by Crippen LogP contribution is -2.37. The van der Waals surface area contributed by atoms with Crippen molar-refractivity contribution in [2.24, 2.45) is 5.41 Å². The number of anilines is 1. The van der Waals surface area contributed by atoms with Crippen molar-refractivity contribution < 1.29 is 27.9 Å². The number of rotatable bonds is 3. The first-order valence-corrected chi connectivity index (χ1v) is 10.4. The second-order valence-electron chi connectivity index (χ2n) is 7.65. The molecular weight excluding hydrogens is 435 g/mol. The first-order valence-electron chi connectivity index (χ1n) is 9.54. The van der Waals surface area contributed by atoms with Gasteiger partial charge in [-0.25, -0.2) is 19.7 Å². The number of carboxylic acids is 1. The van der Waals surface area contributed by atoms with E-state index in [1.807, 2.05) is 31.1 Å². The van der Waals surface area contributed by atoms with Crippen LogP contribution in [0.4, 0.5) is 19.1 Å². The fourth-order valence-electron chi connectivity index (χ4n) is 3.69. The summed E-state index contributed by atoms with van der Waals surface area (Å²) in [4.78, 5) is 39.3. The number of thiazole rings is 1. The van der Waals surface area contributed by atoms with Crippen molar-refractivity contribution in [3.8, 4) is 0 Å². The van der Waals surface area contributed by atoms with E-state index in [9.17, 15) is 18.0 Å². The molecule has 2 aliphatic heterocycles. The molecule has 1 N–H and O–H groups in total. The molecule has 1 amide bonds. The van der Waals surface area contributed by atoms with E-state index in [1.54, 1.807) is 11.3 Å². The van der Waals surface area contributed by atoms with Crippen molar-refractivity contribution in [2.75, 3.05) is 24.5 Å². The van der Waals surface area contributed by atoms with E-state index in [-0.39, 0.29) is 11.3 Å². The normalized spacial score (nSPS) is 20.9. The summed E-state index contributed by atoms with van der Waals surface area (Å²) >= 11 is 1.64. The van der Waals surface area contributed by atoms with E-state index in [0.717, 1.165) is 54.7 Å². The number of amides is 1. The van der Waals surface area contributed by atoms with Gasteiger partial charge in [-0.3, -0.25) is 4.79 Å². The minimum absolute atomic E-state index is 0.265. The molecule has 4 rings (SSSR count). The van der Waals surface area contributed by atoms with Crippen LogP contribution in [-0.4, -0.2) is 62.6 Å². The number of hydrogen-bond acceptors (Lipinski definition) is 7. The Balaban J connectivity index is 0.000000339. The Morgan fingerprint density at radius 2 is 1.84 bits per heavy atom. The van der Waals surface area contributed by atoms with Gasteiger partial charge in [0.05, 0.1) is 22.7 Å². The number of carboxylic acid groups (broad SMARTS) is 1. The van der Waals surface area contributed by atoms with Gasteiger partial charge in [-0.2, -0.15) is 13.2 Å². The quantitative estimate of drug-likeness (QED) is 0.757. The summed E-state index contributed by atoms with van der Waals surface area (Å²) < 4.78 is 31.7. The van der Waals surface area contributed by atoms with Gasteiger partial charge in [0.1, 0.15) is 0 Å². The van der Waals surface area contributed by atoms with Crippen LogP contribution in [0.15, 0.2) is 17.8 Å². The molecular formula is C19H22F3N5O3S. The summed E-state index contributed by atoms with van der Waals surface area (Å²) in [5, 5.41) is 10.2. The standard InChI is InChI=1S/C17H21N5OS.C2HF3O2/c1-12-7-18-16(19-8-12)22-6-4-17(11-22)3-5-21(15(17)23)9-14-10-24-13(2)20-14;3-2(4,5)1(6)7/h7-8,10H,3-6,9,11H2,1-2H3;(H,6,7). The lowest BCUT2D eigenvalue weighted by atomic mass is 9.85. The van der Waals surface area contributed by atoms with Crippen molar-refractivity contribution in [1.29, 1.82) is 0 Å². The van der Waals surface area contributed by atoms with Gasteiger partial charge in [-0.05, 0) is 32.3 Å². The number of alkyl halides is 3. The van der Waals surface area contributed by atoms with Gasteiger partial charge in [0.2, 0.25) is 11.9 Å². The number of aryl methyl sites for hydroxylation is 2. The van der Waals surface area contributed by atoms with Crippen LogP contribution in [0.25, 0.3) is 0 Å². The SMILES string of the molecule is Cc1cnc(N2CCC3(CCN(Cc4csc(C)n4)C3=O)C2)nc1.O=C(O)C(F)(F)F. The maximum atomic E-state index is 13.0. The van der Waals surface area contributed by atoms with Gasteiger partial charge in [0.15, 0.2) is 0 Å². The minimum Gasteiger partial charge on any atom is -0.475 e. The van der Waals surface area contributed by atoms with Crippen molar-refractivity contribution in [3.05, 3.63) is 34.0 Å². The summed E-state index contributed by atoms with van der Waals surface area (Å²) in [6, 6.07) is 0. The number of hydrogen-bond donors (Lipinski definition) is 1. The Bertz CT molecular complexity index is 950. The third-order valence-electron chi connectivity index (χ3n) is 5.27. The Morgan fingerprint density at radius 3 is 2.39 bits per heavy atom. The van der Waals surface area contributed by atoms with E-state index >= 15 is 0 Å². The summed E-state index contributed by atoms with van der Waals surface area (Å²) in [6.07, 6.45) is 0.383. The van der Waals surface area contributed by atoms with Crippen LogP contribution in [0.3, 0.4) is 0 Å². The van der Waals surface area contributed by atoms with Gasteiger partial charge >= 0.3 is 12.1 Å². The molecule has 168 valence electrons. The predicted octanol–water partition coefficient (Wildman–Crippen LogP) is 2.81. The van der Waals surface area contributed by atoms with Crippen LogP contribution in [0.5, 0.6) is 0 Å². The predicted molar refractivity (Wildman–Crippen MR) is 107 cm³/mol. The molecule has 0 aromatic carbocycles. The van der Waals surface area contributed by atoms with Crippen molar-refractivity contribution in [1.82, 2.24) is 19.9 Å². The van der Waals surface area contributed by atoms with Crippen molar-refractivity contribution >= 4 is 29.2 Å². The maximum Gasteiger partial charge on any atom is 0.490 e. The van der Waals surface area contributed by atoms with E-state index in [2.05, 4.69) is 25.2 Å². The summed E-state index contributed by atoms with van der Waals surface area (Å²) in [7, 11) is 0. The Morgan fingerprint density at radius 1 is 1.23 bits per heavy atom. The second kappa shape index (κ2) is 8.77. The number of carbonyl (C=O) groups is 2. The zero-order valence-corrected chi connectivity index (χ0v) is 17.8. The van der Waals surface area contributed by atoms with Crippen LogP contribution in [0.1, 0.15) is 29.1 Å². The Hall–Kier alpha value is -2.76. The molecule has 2 aliphatic rings. The van der Waals surface area contributed by atoms with E-state index in [1.165, 1.54) is 0 Å². The summed E-state index contributed by atoms with van der Waals surface area (Å²) in [6.45, 7) is 7.00. The first-order chi connectivity index (χ1) is 14.5. The minimum atomic E-state index is -5.08. The van der Waals surface area contributed by atoms with E-state index < -0.39 is 12.1 Å². The van der Waals surface area contributed by atoms with Gasteiger partial charge in [-0.1, -0.05) is 0 Å². The topological polar surface area (TPSA) is 99.5 Å². The summed E-state index contributed by atoms with van der Waals surface area (Å²) in [5.41, 5.74) is 1.79. The average Bonchev–Trinajstić information content (AvgIpc) is 3.39. The molecule has 2 saturated heterocycles. The molecule has 2 fully saturated rings. The Kier molecular flexibility index (Phi) is 6.48. The van der Waals surface area contributed by atoms with Crippen LogP contribution >= 0.6 is 11.3 Å². The molecule has 2 aromatic heterocycles. The van der Waals surface area contributed by atoms with Gasteiger partial charge < -0.3 is 14.9 Å². The highest BCUT2D eigenvalue weighted by molar-refractivity contribution is 7.09. The number of likely N-dealkylation sites (tertiary alicyclic amines) is 1. The van der Waals surface area contributed by atoms with Crippen LogP contribution in [0.2, 0.25) is 0 Å². The zero-order chi connectivity index (χ0) is 22.8. The van der Waals surface area contributed by atoms with Crippen LogP contribution < -0.4 is 4.90 Å². The first kappa shape index (κ1) is 22.9. The molecule has 0 bridgehead atoms. The maximum absolute atomic E-state index is 13.0. The largest absolute Gasteiger partial charge is 0.490 e. The molecule has 31 heavy (non-hydrogen) atoms. The smallest absolute Gasteiger partial charge is 0.475 e. The molecule has 1 unspecified atom stereocenters. The molecule has 0 radical (unpaired) electrons. The number of carbonyl (C=O) groups excluding carboxylic acids is 1. The molecule has 2 aromatic rings. The molecule has 1 spiro atoms. The molecule has 0 saturated carbocycles. The third kappa shape index (κ3) is 5.30. The lowest BCUT2D eigenvalue weighted by molar-refractivity contribution is -0.192. The fourth-order valence-corrected chi connectivity index (χ4v) is 4.29. The molecule has 0 aliphatic carbocycles. The third-order valence-corrected chi connectivity index (χ3v) is 6.09. The zero-order valence-electron chi connectivity index (χ0n) is 17.0. The van der Waals surface area contributed by atoms with Gasteiger partial charge in [0.25, 0.3) is 0 Å². The van der Waals surface area contributed by atoms with Gasteiger partial charge in [0, 0.05) is 37.4 Å². The average molecular weight is 457 g/mol. The van der Waals surface area contributed by atoms with Gasteiger partial charge in [-0.15, -0.1) is 11.3 Å². The highest BCUT2D eigenvalue weighted by Gasteiger charge is 2.51. The number of halogens is 3. The highest BCUT2D eigenvalue weighted by Crippen LogP contribution is 2.42. The van der Waals surface area contributed by atoms with Crippen LogP contribution in [0, 0.1) is 19.3 Å². The molecule has 8 nitrogen and oxygen atoms in total. The van der Waals surface area contributed by atoms with E-state index in [0.29, 0.717) is 6.54 Å².